The zero-order chi connectivity index (χ0) is 14.5. The van der Waals surface area contributed by atoms with Crippen LogP contribution in [0.4, 0.5) is 0 Å². The van der Waals surface area contributed by atoms with Gasteiger partial charge < -0.3 is 9.73 Å². The Hall–Kier alpha value is -1.26. The standard InChI is InChI=1S/C15H22ClN3O/c1-4-8-19-15(12(16)10-18-19)14(17-6-3)11-7-9-20-13(11)5-2/h7,9-10,14,17H,4-6,8H2,1-3H3. The van der Waals surface area contributed by atoms with Crippen molar-refractivity contribution in [1.82, 2.24) is 15.1 Å². The monoisotopic (exact) mass is 295 g/mol. The van der Waals surface area contributed by atoms with E-state index < -0.39 is 0 Å². The summed E-state index contributed by atoms with van der Waals surface area (Å²) in [6, 6.07) is 2.04. The van der Waals surface area contributed by atoms with Crippen LogP contribution < -0.4 is 5.32 Å². The van der Waals surface area contributed by atoms with E-state index in [9.17, 15) is 0 Å². The fourth-order valence-corrected chi connectivity index (χ4v) is 2.75. The van der Waals surface area contributed by atoms with Gasteiger partial charge in [0.05, 0.1) is 29.2 Å². The Morgan fingerprint density at radius 3 is 2.85 bits per heavy atom. The molecule has 2 aromatic rings. The molecule has 0 fully saturated rings. The number of nitrogens with zero attached hydrogens (tertiary/aromatic N) is 2. The molecular formula is C15H22ClN3O. The highest BCUT2D eigenvalue weighted by atomic mass is 35.5. The average Bonchev–Trinajstić information content (AvgIpc) is 3.04. The van der Waals surface area contributed by atoms with Crippen molar-refractivity contribution in [1.29, 1.82) is 0 Å². The topological polar surface area (TPSA) is 43.0 Å². The predicted octanol–water partition coefficient (Wildman–Crippen LogP) is 3.80. The molecule has 0 aliphatic heterocycles. The van der Waals surface area contributed by atoms with E-state index in [0.29, 0.717) is 5.02 Å². The fourth-order valence-electron chi connectivity index (χ4n) is 2.50. The molecule has 2 aromatic heterocycles. The summed E-state index contributed by atoms with van der Waals surface area (Å²) >= 11 is 6.37. The van der Waals surface area contributed by atoms with Crippen LogP contribution in [0.5, 0.6) is 0 Å². The quantitative estimate of drug-likeness (QED) is 0.845. The maximum Gasteiger partial charge on any atom is 0.108 e. The van der Waals surface area contributed by atoms with Crippen LogP contribution >= 0.6 is 11.6 Å². The minimum atomic E-state index is 0.0234. The Bertz CT molecular complexity index is 547. The van der Waals surface area contributed by atoms with Crippen molar-refractivity contribution in [3.05, 3.63) is 40.6 Å². The molecule has 0 saturated heterocycles. The molecule has 0 aromatic carbocycles. The summed E-state index contributed by atoms with van der Waals surface area (Å²) in [5.41, 5.74) is 2.17. The van der Waals surface area contributed by atoms with Crippen LogP contribution in [0.2, 0.25) is 5.02 Å². The van der Waals surface area contributed by atoms with Gasteiger partial charge in [-0.15, -0.1) is 0 Å². The first-order valence-corrected chi connectivity index (χ1v) is 7.61. The van der Waals surface area contributed by atoms with Gasteiger partial charge in [0.2, 0.25) is 0 Å². The molecule has 0 spiro atoms. The summed E-state index contributed by atoms with van der Waals surface area (Å²) in [7, 11) is 0. The fraction of sp³-hybridized carbons (Fsp3) is 0.533. The number of hydrogen-bond donors (Lipinski definition) is 1. The second kappa shape index (κ2) is 6.95. The lowest BCUT2D eigenvalue weighted by molar-refractivity contribution is 0.487. The molecule has 0 bridgehead atoms. The van der Waals surface area contributed by atoms with Gasteiger partial charge in [0.1, 0.15) is 5.76 Å². The maximum atomic E-state index is 6.37. The van der Waals surface area contributed by atoms with Crippen LogP contribution in [0.1, 0.15) is 50.3 Å². The first-order valence-electron chi connectivity index (χ1n) is 7.23. The van der Waals surface area contributed by atoms with Crippen LogP contribution in [0.3, 0.4) is 0 Å². The Morgan fingerprint density at radius 2 is 2.20 bits per heavy atom. The second-order valence-corrected chi connectivity index (χ2v) is 5.15. The highest BCUT2D eigenvalue weighted by Crippen LogP contribution is 2.31. The summed E-state index contributed by atoms with van der Waals surface area (Å²) in [5.74, 6) is 0.997. The molecular weight excluding hydrogens is 274 g/mol. The van der Waals surface area contributed by atoms with Gasteiger partial charge in [-0.25, -0.2) is 0 Å². The number of rotatable bonds is 7. The molecule has 2 heterocycles. The van der Waals surface area contributed by atoms with E-state index in [1.54, 1.807) is 12.5 Å². The highest BCUT2D eigenvalue weighted by Gasteiger charge is 2.24. The number of furan rings is 1. The van der Waals surface area contributed by atoms with Gasteiger partial charge in [0.15, 0.2) is 0 Å². The molecule has 20 heavy (non-hydrogen) atoms. The third-order valence-electron chi connectivity index (χ3n) is 3.36. The first kappa shape index (κ1) is 15.1. The lowest BCUT2D eigenvalue weighted by atomic mass is 10.0. The molecule has 0 radical (unpaired) electrons. The first-order chi connectivity index (χ1) is 9.72. The van der Waals surface area contributed by atoms with Gasteiger partial charge in [-0.3, -0.25) is 4.68 Å². The SMILES string of the molecule is CCCn1ncc(Cl)c1C(NCC)c1ccoc1CC. The van der Waals surface area contributed by atoms with Crippen LogP contribution in [-0.4, -0.2) is 16.3 Å². The number of halogens is 1. The Kier molecular flexibility index (Phi) is 5.26. The Morgan fingerprint density at radius 1 is 1.40 bits per heavy atom. The van der Waals surface area contributed by atoms with Gasteiger partial charge in [-0.05, 0) is 19.0 Å². The Labute approximate surface area is 125 Å². The number of aromatic nitrogens is 2. The summed E-state index contributed by atoms with van der Waals surface area (Å²) in [5, 5.41) is 8.59. The number of nitrogens with one attached hydrogen (secondary N) is 1. The number of hydrogen-bond acceptors (Lipinski definition) is 3. The van der Waals surface area contributed by atoms with Crippen LogP contribution in [0.25, 0.3) is 0 Å². The lowest BCUT2D eigenvalue weighted by Crippen LogP contribution is -2.25. The van der Waals surface area contributed by atoms with Crippen molar-refractivity contribution >= 4 is 11.6 Å². The molecule has 0 aliphatic carbocycles. The van der Waals surface area contributed by atoms with Crippen molar-refractivity contribution in [3.8, 4) is 0 Å². The minimum absolute atomic E-state index is 0.0234. The van der Waals surface area contributed by atoms with Gasteiger partial charge in [-0.2, -0.15) is 5.10 Å². The lowest BCUT2D eigenvalue weighted by Gasteiger charge is -2.20. The van der Waals surface area contributed by atoms with Gasteiger partial charge in [-0.1, -0.05) is 32.4 Å². The van der Waals surface area contributed by atoms with E-state index in [0.717, 1.165) is 42.9 Å². The van der Waals surface area contributed by atoms with Crippen molar-refractivity contribution < 1.29 is 4.42 Å². The molecule has 2 rings (SSSR count). The largest absolute Gasteiger partial charge is 0.469 e. The molecule has 0 aliphatic rings. The molecule has 110 valence electrons. The van der Waals surface area contributed by atoms with E-state index in [2.05, 4.69) is 31.2 Å². The maximum absolute atomic E-state index is 6.37. The predicted molar refractivity (Wildman–Crippen MR) is 81.1 cm³/mol. The van der Waals surface area contributed by atoms with Crippen LogP contribution in [0, 0.1) is 0 Å². The highest BCUT2D eigenvalue weighted by molar-refractivity contribution is 6.31. The molecule has 0 amide bonds. The van der Waals surface area contributed by atoms with Crippen LogP contribution in [-0.2, 0) is 13.0 Å². The molecule has 1 unspecified atom stereocenters. The molecule has 5 heteroatoms. The third kappa shape index (κ3) is 2.91. The second-order valence-electron chi connectivity index (χ2n) is 4.74. The summed E-state index contributed by atoms with van der Waals surface area (Å²) in [6.45, 7) is 8.04. The van der Waals surface area contributed by atoms with Gasteiger partial charge in [0, 0.05) is 18.5 Å². The smallest absolute Gasteiger partial charge is 0.108 e. The van der Waals surface area contributed by atoms with Crippen molar-refractivity contribution in [2.75, 3.05) is 6.54 Å². The average molecular weight is 296 g/mol. The van der Waals surface area contributed by atoms with E-state index in [-0.39, 0.29) is 6.04 Å². The molecule has 0 saturated carbocycles. The third-order valence-corrected chi connectivity index (χ3v) is 3.65. The number of aryl methyl sites for hydroxylation is 2. The van der Waals surface area contributed by atoms with Crippen molar-refractivity contribution in [2.45, 2.75) is 46.2 Å². The van der Waals surface area contributed by atoms with E-state index in [4.69, 9.17) is 16.0 Å². The van der Waals surface area contributed by atoms with E-state index >= 15 is 0 Å². The summed E-state index contributed by atoms with van der Waals surface area (Å²) < 4.78 is 7.55. The van der Waals surface area contributed by atoms with Crippen molar-refractivity contribution in [3.63, 3.8) is 0 Å². The normalized spacial score (nSPS) is 12.8. The summed E-state index contributed by atoms with van der Waals surface area (Å²) in [6.07, 6.45) is 5.36. The zero-order valence-electron chi connectivity index (χ0n) is 12.3. The molecule has 4 nitrogen and oxygen atoms in total. The van der Waals surface area contributed by atoms with Crippen molar-refractivity contribution in [2.24, 2.45) is 0 Å². The van der Waals surface area contributed by atoms with E-state index in [1.807, 2.05) is 10.7 Å². The van der Waals surface area contributed by atoms with Gasteiger partial charge >= 0.3 is 0 Å². The Balaban J connectivity index is 2.45. The zero-order valence-corrected chi connectivity index (χ0v) is 13.1. The summed E-state index contributed by atoms with van der Waals surface area (Å²) in [4.78, 5) is 0. The molecule has 1 atom stereocenters. The van der Waals surface area contributed by atoms with Gasteiger partial charge in [0.25, 0.3) is 0 Å². The van der Waals surface area contributed by atoms with Crippen LogP contribution in [0.15, 0.2) is 22.9 Å². The van der Waals surface area contributed by atoms with E-state index in [1.165, 1.54) is 0 Å². The minimum Gasteiger partial charge on any atom is -0.469 e. The molecule has 1 N–H and O–H groups in total.